The van der Waals surface area contributed by atoms with Crippen molar-refractivity contribution in [1.82, 2.24) is 9.36 Å². The quantitative estimate of drug-likeness (QED) is 0.865. The van der Waals surface area contributed by atoms with Gasteiger partial charge in [-0.1, -0.05) is 6.92 Å². The molecule has 2 aromatic heterocycles. The second-order valence-corrected chi connectivity index (χ2v) is 3.99. The van der Waals surface area contributed by atoms with Crippen molar-refractivity contribution in [2.75, 3.05) is 5.32 Å². The molecule has 0 bridgehead atoms. The van der Waals surface area contributed by atoms with Crippen LogP contribution in [0.5, 0.6) is 0 Å². The Kier molecular flexibility index (Phi) is 3.01. The molecular weight excluding hydrogens is 210 g/mol. The van der Waals surface area contributed by atoms with E-state index in [1.807, 2.05) is 26.0 Å². The van der Waals surface area contributed by atoms with Crippen LogP contribution in [0.3, 0.4) is 0 Å². The van der Waals surface area contributed by atoms with E-state index in [9.17, 15) is 0 Å². The summed E-state index contributed by atoms with van der Waals surface area (Å²) in [5.74, 6) is 2.73. The van der Waals surface area contributed by atoms with Gasteiger partial charge in [0.25, 0.3) is 0 Å². The van der Waals surface area contributed by atoms with E-state index in [2.05, 4.69) is 14.7 Å². The van der Waals surface area contributed by atoms with Crippen LogP contribution in [-0.4, -0.2) is 9.36 Å². The molecule has 80 valence electrons. The van der Waals surface area contributed by atoms with Crippen molar-refractivity contribution in [1.29, 1.82) is 0 Å². The van der Waals surface area contributed by atoms with Crippen molar-refractivity contribution >= 4 is 16.7 Å². The summed E-state index contributed by atoms with van der Waals surface area (Å²) >= 11 is 1.39. The molecule has 0 radical (unpaired) electrons. The lowest BCUT2D eigenvalue weighted by molar-refractivity contribution is 0.490. The van der Waals surface area contributed by atoms with Crippen LogP contribution < -0.4 is 5.32 Å². The summed E-state index contributed by atoms with van der Waals surface area (Å²) in [5, 5.41) is 4.03. The molecule has 0 fully saturated rings. The Hall–Kier alpha value is -1.36. The number of aryl methyl sites for hydroxylation is 2. The van der Waals surface area contributed by atoms with Crippen molar-refractivity contribution in [3.05, 3.63) is 29.5 Å². The third-order valence-electron chi connectivity index (χ3n) is 1.99. The van der Waals surface area contributed by atoms with Crippen molar-refractivity contribution in [2.45, 2.75) is 26.8 Å². The van der Waals surface area contributed by atoms with E-state index in [1.165, 1.54) is 11.5 Å². The third kappa shape index (κ3) is 2.56. The number of rotatable bonds is 4. The van der Waals surface area contributed by atoms with Crippen LogP contribution >= 0.6 is 11.5 Å². The number of nitrogens with one attached hydrogen (secondary N) is 1. The molecule has 0 aliphatic rings. The minimum atomic E-state index is 0.659. The number of nitrogens with zero attached hydrogens (tertiary/aromatic N) is 2. The Labute approximate surface area is 92.5 Å². The Morgan fingerprint density at radius 1 is 1.47 bits per heavy atom. The number of anilines is 1. The topological polar surface area (TPSA) is 51.0 Å². The van der Waals surface area contributed by atoms with Gasteiger partial charge < -0.3 is 9.73 Å². The summed E-state index contributed by atoms with van der Waals surface area (Å²) in [6.45, 7) is 4.64. The first kappa shape index (κ1) is 10.2. The zero-order valence-corrected chi connectivity index (χ0v) is 9.60. The average Bonchev–Trinajstić information content (AvgIpc) is 2.83. The minimum Gasteiger partial charge on any atom is -0.465 e. The van der Waals surface area contributed by atoms with E-state index < -0.39 is 0 Å². The summed E-state index contributed by atoms with van der Waals surface area (Å²) in [6, 6.07) is 3.92. The van der Waals surface area contributed by atoms with Crippen LogP contribution in [0.25, 0.3) is 0 Å². The van der Waals surface area contributed by atoms with E-state index >= 15 is 0 Å². The predicted octanol–water partition coefficient (Wildman–Crippen LogP) is 2.61. The Balaban J connectivity index is 1.93. The highest BCUT2D eigenvalue weighted by Crippen LogP contribution is 2.13. The van der Waals surface area contributed by atoms with Crippen LogP contribution in [0, 0.1) is 6.92 Å². The molecule has 1 N–H and O–H groups in total. The molecule has 0 aliphatic carbocycles. The van der Waals surface area contributed by atoms with E-state index in [0.29, 0.717) is 6.54 Å². The predicted molar refractivity (Wildman–Crippen MR) is 60.1 cm³/mol. The number of hydrogen-bond acceptors (Lipinski definition) is 5. The molecule has 0 amide bonds. The normalized spacial score (nSPS) is 10.5. The van der Waals surface area contributed by atoms with Crippen LogP contribution in [0.1, 0.15) is 24.3 Å². The van der Waals surface area contributed by atoms with Gasteiger partial charge >= 0.3 is 0 Å². The fourth-order valence-electron chi connectivity index (χ4n) is 1.21. The van der Waals surface area contributed by atoms with E-state index in [0.717, 1.165) is 28.9 Å². The highest BCUT2D eigenvalue weighted by atomic mass is 32.1. The number of hydrogen-bond donors (Lipinski definition) is 1. The monoisotopic (exact) mass is 223 g/mol. The van der Waals surface area contributed by atoms with Gasteiger partial charge in [0.2, 0.25) is 5.13 Å². The lowest BCUT2D eigenvalue weighted by Gasteiger charge is -1.97. The number of aromatic nitrogens is 2. The molecule has 15 heavy (non-hydrogen) atoms. The summed E-state index contributed by atoms with van der Waals surface area (Å²) in [5.41, 5.74) is 0. The molecule has 5 heteroatoms. The van der Waals surface area contributed by atoms with Gasteiger partial charge in [0.05, 0.1) is 6.54 Å². The Morgan fingerprint density at radius 2 is 2.33 bits per heavy atom. The second kappa shape index (κ2) is 4.44. The van der Waals surface area contributed by atoms with Crippen LogP contribution in [-0.2, 0) is 13.0 Å². The van der Waals surface area contributed by atoms with Gasteiger partial charge in [-0.05, 0) is 19.1 Å². The average molecular weight is 223 g/mol. The maximum atomic E-state index is 5.43. The van der Waals surface area contributed by atoms with Gasteiger partial charge in [-0.3, -0.25) is 0 Å². The zero-order chi connectivity index (χ0) is 10.7. The van der Waals surface area contributed by atoms with Crippen molar-refractivity contribution in [2.24, 2.45) is 0 Å². The minimum absolute atomic E-state index is 0.659. The lowest BCUT2D eigenvalue weighted by Crippen LogP contribution is -1.97. The molecule has 0 saturated heterocycles. The second-order valence-electron chi connectivity index (χ2n) is 3.24. The highest BCUT2D eigenvalue weighted by Gasteiger charge is 2.03. The largest absolute Gasteiger partial charge is 0.465 e. The smallest absolute Gasteiger partial charge is 0.202 e. The van der Waals surface area contributed by atoms with Crippen molar-refractivity contribution in [3.8, 4) is 0 Å². The summed E-state index contributed by atoms with van der Waals surface area (Å²) < 4.78 is 9.62. The van der Waals surface area contributed by atoms with Crippen molar-refractivity contribution < 1.29 is 4.42 Å². The molecule has 0 aliphatic heterocycles. The van der Waals surface area contributed by atoms with Gasteiger partial charge in [-0.25, -0.2) is 4.98 Å². The first-order chi connectivity index (χ1) is 7.28. The first-order valence-electron chi connectivity index (χ1n) is 4.89. The van der Waals surface area contributed by atoms with E-state index in [-0.39, 0.29) is 0 Å². The molecule has 2 rings (SSSR count). The summed E-state index contributed by atoms with van der Waals surface area (Å²) in [6.07, 6.45) is 0.873. The number of furan rings is 1. The summed E-state index contributed by atoms with van der Waals surface area (Å²) in [7, 11) is 0. The Bertz CT molecular complexity index is 435. The molecule has 2 aromatic rings. The SMILES string of the molecule is CCc1nsc(NCc2ccc(C)o2)n1. The molecule has 0 spiro atoms. The first-order valence-corrected chi connectivity index (χ1v) is 5.67. The van der Waals surface area contributed by atoms with Gasteiger partial charge in [0, 0.05) is 18.0 Å². The maximum absolute atomic E-state index is 5.43. The molecule has 0 aromatic carbocycles. The van der Waals surface area contributed by atoms with Gasteiger partial charge in [0.15, 0.2) is 0 Å². The fourth-order valence-corrected chi connectivity index (χ4v) is 1.86. The van der Waals surface area contributed by atoms with E-state index in [4.69, 9.17) is 4.42 Å². The highest BCUT2D eigenvalue weighted by molar-refractivity contribution is 7.09. The molecule has 4 nitrogen and oxygen atoms in total. The molecule has 2 heterocycles. The van der Waals surface area contributed by atoms with E-state index in [1.54, 1.807) is 0 Å². The lowest BCUT2D eigenvalue weighted by atomic mass is 10.4. The van der Waals surface area contributed by atoms with Gasteiger partial charge in [-0.15, -0.1) is 0 Å². The standard InChI is InChI=1S/C10H13N3OS/c1-3-9-12-10(15-13-9)11-6-8-5-4-7(2)14-8/h4-5H,3,6H2,1-2H3,(H,11,12,13). The van der Waals surface area contributed by atoms with Crippen LogP contribution in [0.4, 0.5) is 5.13 Å². The van der Waals surface area contributed by atoms with Crippen LogP contribution in [0.15, 0.2) is 16.5 Å². The molecule has 0 saturated carbocycles. The van der Waals surface area contributed by atoms with Gasteiger partial charge in [0.1, 0.15) is 17.3 Å². The zero-order valence-electron chi connectivity index (χ0n) is 8.78. The molecule has 0 unspecified atom stereocenters. The summed E-state index contributed by atoms with van der Waals surface area (Å²) in [4.78, 5) is 4.31. The maximum Gasteiger partial charge on any atom is 0.202 e. The van der Waals surface area contributed by atoms with Crippen LogP contribution in [0.2, 0.25) is 0 Å². The Morgan fingerprint density at radius 3 is 2.93 bits per heavy atom. The van der Waals surface area contributed by atoms with Gasteiger partial charge in [-0.2, -0.15) is 4.37 Å². The van der Waals surface area contributed by atoms with Crippen molar-refractivity contribution in [3.63, 3.8) is 0 Å². The fraction of sp³-hybridized carbons (Fsp3) is 0.400. The third-order valence-corrected chi connectivity index (χ3v) is 2.70. The molecular formula is C10H13N3OS. The molecule has 0 atom stereocenters.